The first kappa shape index (κ1) is 11.4. The summed E-state index contributed by atoms with van der Waals surface area (Å²) < 4.78 is 0.845. The molecule has 1 atom stereocenters. The highest BCUT2D eigenvalue weighted by Gasteiger charge is 2.23. The van der Waals surface area contributed by atoms with E-state index in [1.807, 2.05) is 13.1 Å². The molecule has 0 unspecified atom stereocenters. The first-order chi connectivity index (χ1) is 7.74. The Morgan fingerprint density at radius 1 is 1.69 bits per heavy atom. The van der Waals surface area contributed by atoms with Gasteiger partial charge in [-0.05, 0) is 35.5 Å². The number of anilines is 1. The van der Waals surface area contributed by atoms with E-state index in [0.29, 0.717) is 11.6 Å². The van der Waals surface area contributed by atoms with Crippen molar-refractivity contribution >= 4 is 21.7 Å². The lowest BCUT2D eigenvalue weighted by atomic mass is 10.2. The zero-order valence-electron chi connectivity index (χ0n) is 9.07. The van der Waals surface area contributed by atoms with Gasteiger partial charge in [0.1, 0.15) is 11.9 Å². The number of pyridine rings is 1. The monoisotopic (exact) mass is 280 g/mol. The number of likely N-dealkylation sites (N-methyl/N-ethyl adjacent to an activating group) is 1. The molecule has 0 aromatic carbocycles. The van der Waals surface area contributed by atoms with Crippen LogP contribution in [-0.4, -0.2) is 31.2 Å². The fraction of sp³-hybridized carbons (Fsp3) is 0.455. The minimum absolute atomic E-state index is 0.497. The third kappa shape index (κ3) is 2.18. The van der Waals surface area contributed by atoms with E-state index in [2.05, 4.69) is 37.2 Å². The zero-order valence-corrected chi connectivity index (χ0v) is 10.7. The lowest BCUT2D eigenvalue weighted by Gasteiger charge is -2.18. The van der Waals surface area contributed by atoms with E-state index >= 15 is 0 Å². The summed E-state index contributed by atoms with van der Waals surface area (Å²) in [5.41, 5.74) is 0.631. The van der Waals surface area contributed by atoms with Gasteiger partial charge in [0.25, 0.3) is 0 Å². The standard InChI is InChI=1S/C11H13BrN4/c1-14-10-2-3-16(7-10)11-8(5-13)4-9(12)6-15-11/h4,6,10,14H,2-3,7H2,1H3/t10-/m0/s1. The average Bonchev–Trinajstić information content (AvgIpc) is 2.77. The maximum atomic E-state index is 9.07. The highest BCUT2D eigenvalue weighted by molar-refractivity contribution is 9.10. The third-order valence-electron chi connectivity index (χ3n) is 2.85. The minimum Gasteiger partial charge on any atom is -0.354 e. The largest absolute Gasteiger partial charge is 0.354 e. The summed E-state index contributed by atoms with van der Waals surface area (Å²) in [6, 6.07) is 4.50. The first-order valence-corrected chi connectivity index (χ1v) is 6.01. The summed E-state index contributed by atoms with van der Waals surface area (Å²) in [4.78, 5) is 6.49. The van der Waals surface area contributed by atoms with Crippen LogP contribution >= 0.6 is 15.9 Å². The summed E-state index contributed by atoms with van der Waals surface area (Å²) in [5.74, 6) is 0.795. The Bertz CT molecular complexity index is 426. The number of hydrogen-bond acceptors (Lipinski definition) is 4. The van der Waals surface area contributed by atoms with Gasteiger partial charge in [-0.2, -0.15) is 5.26 Å². The predicted octanol–water partition coefficient (Wildman–Crippen LogP) is 1.51. The summed E-state index contributed by atoms with van der Waals surface area (Å²) in [5, 5.41) is 12.3. The second kappa shape index (κ2) is 4.81. The maximum absolute atomic E-state index is 9.07. The predicted molar refractivity (Wildman–Crippen MR) is 66.3 cm³/mol. The number of nitriles is 1. The van der Waals surface area contributed by atoms with E-state index in [-0.39, 0.29) is 0 Å². The smallest absolute Gasteiger partial charge is 0.146 e. The topological polar surface area (TPSA) is 52.0 Å². The van der Waals surface area contributed by atoms with E-state index in [0.717, 1.165) is 29.8 Å². The van der Waals surface area contributed by atoms with Gasteiger partial charge in [-0.25, -0.2) is 4.98 Å². The average molecular weight is 281 g/mol. The van der Waals surface area contributed by atoms with Gasteiger partial charge in [0, 0.05) is 29.8 Å². The molecule has 0 saturated carbocycles. The second-order valence-electron chi connectivity index (χ2n) is 3.86. The van der Waals surface area contributed by atoms with Gasteiger partial charge in [-0.3, -0.25) is 0 Å². The third-order valence-corrected chi connectivity index (χ3v) is 3.28. The molecule has 0 bridgehead atoms. The van der Waals surface area contributed by atoms with Crippen LogP contribution in [-0.2, 0) is 0 Å². The molecular weight excluding hydrogens is 268 g/mol. The molecule has 16 heavy (non-hydrogen) atoms. The fourth-order valence-electron chi connectivity index (χ4n) is 1.95. The molecule has 1 saturated heterocycles. The van der Waals surface area contributed by atoms with Crippen LogP contribution in [0.4, 0.5) is 5.82 Å². The molecule has 2 heterocycles. The van der Waals surface area contributed by atoms with E-state index < -0.39 is 0 Å². The number of aromatic nitrogens is 1. The van der Waals surface area contributed by atoms with Gasteiger partial charge in [0.05, 0.1) is 5.56 Å². The first-order valence-electron chi connectivity index (χ1n) is 5.22. The molecule has 4 nitrogen and oxygen atoms in total. The molecule has 2 rings (SSSR count). The Morgan fingerprint density at radius 3 is 3.12 bits per heavy atom. The van der Waals surface area contributed by atoms with Crippen molar-refractivity contribution in [3.8, 4) is 6.07 Å². The van der Waals surface area contributed by atoms with E-state index in [9.17, 15) is 0 Å². The van der Waals surface area contributed by atoms with Gasteiger partial charge in [0.15, 0.2) is 0 Å². The molecule has 0 amide bonds. The fourth-order valence-corrected chi connectivity index (χ4v) is 2.29. The lowest BCUT2D eigenvalue weighted by Crippen LogP contribution is -2.30. The number of halogens is 1. The molecule has 1 aliphatic rings. The van der Waals surface area contributed by atoms with Crippen molar-refractivity contribution in [2.24, 2.45) is 0 Å². The van der Waals surface area contributed by atoms with Crippen LogP contribution in [0.5, 0.6) is 0 Å². The van der Waals surface area contributed by atoms with Crippen LogP contribution < -0.4 is 10.2 Å². The number of rotatable bonds is 2. The molecule has 1 aromatic heterocycles. The maximum Gasteiger partial charge on any atom is 0.146 e. The van der Waals surface area contributed by atoms with Gasteiger partial charge >= 0.3 is 0 Å². The molecule has 84 valence electrons. The summed E-state index contributed by atoms with van der Waals surface area (Å²) in [7, 11) is 1.97. The summed E-state index contributed by atoms with van der Waals surface area (Å²) in [6.45, 7) is 1.87. The summed E-state index contributed by atoms with van der Waals surface area (Å²) in [6.07, 6.45) is 2.84. The Kier molecular flexibility index (Phi) is 3.42. The zero-order chi connectivity index (χ0) is 11.5. The highest BCUT2D eigenvalue weighted by Crippen LogP contribution is 2.24. The van der Waals surface area contributed by atoms with Gasteiger partial charge in [-0.15, -0.1) is 0 Å². The molecule has 0 radical (unpaired) electrons. The van der Waals surface area contributed by atoms with Crippen LogP contribution in [0.3, 0.4) is 0 Å². The summed E-state index contributed by atoms with van der Waals surface area (Å²) >= 11 is 3.33. The van der Waals surface area contributed by atoms with Crippen LogP contribution in [0.15, 0.2) is 16.7 Å². The SMILES string of the molecule is CN[C@H]1CCN(c2ncc(Br)cc2C#N)C1. The Balaban J connectivity index is 2.25. The van der Waals surface area contributed by atoms with Crippen molar-refractivity contribution in [3.05, 3.63) is 22.3 Å². The second-order valence-corrected chi connectivity index (χ2v) is 4.77. The Morgan fingerprint density at radius 2 is 2.50 bits per heavy atom. The van der Waals surface area contributed by atoms with Crippen molar-refractivity contribution in [1.82, 2.24) is 10.3 Å². The molecule has 5 heteroatoms. The molecule has 0 aliphatic carbocycles. The lowest BCUT2D eigenvalue weighted by molar-refractivity contribution is 0.616. The highest BCUT2D eigenvalue weighted by atomic mass is 79.9. The van der Waals surface area contributed by atoms with Crippen molar-refractivity contribution in [1.29, 1.82) is 5.26 Å². The van der Waals surface area contributed by atoms with Crippen LogP contribution in [0.25, 0.3) is 0 Å². The molecular formula is C11H13BrN4. The van der Waals surface area contributed by atoms with Crippen molar-refractivity contribution < 1.29 is 0 Å². The number of nitrogens with one attached hydrogen (secondary N) is 1. The normalized spacial score (nSPS) is 19.8. The quantitative estimate of drug-likeness (QED) is 0.893. The van der Waals surface area contributed by atoms with Crippen LogP contribution in [0.1, 0.15) is 12.0 Å². The number of hydrogen-bond donors (Lipinski definition) is 1. The van der Waals surface area contributed by atoms with Gasteiger partial charge in [0.2, 0.25) is 0 Å². The van der Waals surface area contributed by atoms with Crippen LogP contribution in [0, 0.1) is 11.3 Å². The number of nitrogens with zero attached hydrogens (tertiary/aromatic N) is 3. The van der Waals surface area contributed by atoms with Crippen LogP contribution in [0.2, 0.25) is 0 Å². The van der Waals surface area contributed by atoms with Crippen molar-refractivity contribution in [2.45, 2.75) is 12.5 Å². The molecule has 1 N–H and O–H groups in total. The van der Waals surface area contributed by atoms with Gasteiger partial charge in [-0.1, -0.05) is 0 Å². The molecule has 0 spiro atoms. The van der Waals surface area contributed by atoms with E-state index in [1.54, 1.807) is 6.20 Å². The van der Waals surface area contributed by atoms with Crippen molar-refractivity contribution in [2.75, 3.05) is 25.0 Å². The molecule has 1 fully saturated rings. The Labute approximate surface area is 103 Å². The van der Waals surface area contributed by atoms with E-state index in [1.165, 1.54) is 0 Å². The Hall–Kier alpha value is -1.12. The minimum atomic E-state index is 0.497. The van der Waals surface area contributed by atoms with Crippen molar-refractivity contribution in [3.63, 3.8) is 0 Å². The van der Waals surface area contributed by atoms with Gasteiger partial charge < -0.3 is 10.2 Å². The molecule has 1 aromatic rings. The molecule has 1 aliphatic heterocycles. The van der Waals surface area contributed by atoms with E-state index in [4.69, 9.17) is 5.26 Å².